The lowest BCUT2D eigenvalue weighted by Gasteiger charge is -2.28. The third kappa shape index (κ3) is 5.14. The number of ether oxygens (including phenoxy) is 2. The smallest absolute Gasteiger partial charge is 0.387 e. The van der Waals surface area contributed by atoms with E-state index >= 15 is 0 Å². The molecule has 9 nitrogen and oxygen atoms in total. The van der Waals surface area contributed by atoms with Crippen LogP contribution in [0.3, 0.4) is 0 Å². The molecule has 154 valence electrons. The Morgan fingerprint density at radius 2 is 2.14 bits per heavy atom. The van der Waals surface area contributed by atoms with Crippen LogP contribution in [-0.2, 0) is 19.1 Å². The van der Waals surface area contributed by atoms with E-state index in [1.807, 2.05) is 0 Å². The molecule has 0 aromatic heterocycles. The van der Waals surface area contributed by atoms with Gasteiger partial charge in [-0.25, -0.2) is 0 Å². The van der Waals surface area contributed by atoms with E-state index in [0.29, 0.717) is 18.8 Å². The molecule has 1 aromatic carbocycles. The number of halogens is 2. The van der Waals surface area contributed by atoms with E-state index in [2.05, 4.69) is 10.1 Å². The van der Waals surface area contributed by atoms with E-state index in [-0.39, 0.29) is 30.5 Å². The minimum Gasteiger partial charge on any atom is -0.433 e. The minimum absolute atomic E-state index is 0.0782. The molecule has 1 aliphatic heterocycles. The van der Waals surface area contributed by atoms with Crippen molar-refractivity contribution < 1.29 is 32.6 Å². The predicted octanol–water partition coefficient (Wildman–Crippen LogP) is 0.395. The van der Waals surface area contributed by atoms with Crippen LogP contribution in [0.2, 0.25) is 0 Å². The number of carbonyl (C=O) groups is 3. The highest BCUT2D eigenvalue weighted by Gasteiger charge is 2.29. The maximum Gasteiger partial charge on any atom is 0.387 e. The summed E-state index contributed by atoms with van der Waals surface area (Å²) in [6.45, 7) is -0.630. The molecule has 0 radical (unpaired) electrons. The number of alkyl halides is 2. The van der Waals surface area contributed by atoms with Gasteiger partial charge < -0.3 is 25.4 Å². The normalized spacial score (nSPS) is 15.6. The molecule has 1 atom stereocenters. The van der Waals surface area contributed by atoms with Gasteiger partial charge in [0.1, 0.15) is 6.61 Å². The molecule has 3 amide bonds. The number of hydrogen-bond acceptors (Lipinski definition) is 6. The number of nitrogens with zero attached hydrogens (tertiary/aromatic N) is 2. The van der Waals surface area contributed by atoms with Crippen LogP contribution in [0.5, 0.6) is 5.75 Å². The molecule has 1 fully saturated rings. The van der Waals surface area contributed by atoms with Crippen molar-refractivity contribution in [2.24, 2.45) is 5.73 Å². The van der Waals surface area contributed by atoms with Gasteiger partial charge in [-0.3, -0.25) is 19.3 Å². The second kappa shape index (κ2) is 9.42. The summed E-state index contributed by atoms with van der Waals surface area (Å²) < 4.78 is 35.2. The molecule has 0 saturated carbocycles. The van der Waals surface area contributed by atoms with Crippen molar-refractivity contribution in [2.45, 2.75) is 19.6 Å². The average molecular weight is 400 g/mol. The van der Waals surface area contributed by atoms with Crippen LogP contribution in [0, 0.1) is 0 Å². The maximum atomic E-state index is 12.8. The molecule has 1 saturated heterocycles. The van der Waals surface area contributed by atoms with Crippen LogP contribution >= 0.6 is 0 Å². The molecule has 2 rings (SSSR count). The summed E-state index contributed by atoms with van der Waals surface area (Å²) in [6.07, 6.45) is 0. The summed E-state index contributed by atoms with van der Waals surface area (Å²) in [5.41, 5.74) is 5.52. The van der Waals surface area contributed by atoms with Gasteiger partial charge >= 0.3 is 6.61 Å². The molecule has 0 spiro atoms. The highest BCUT2D eigenvalue weighted by molar-refractivity contribution is 6.10. The summed E-state index contributed by atoms with van der Waals surface area (Å²) in [5, 5.41) is 2.39. The van der Waals surface area contributed by atoms with Gasteiger partial charge in [0.05, 0.1) is 12.3 Å². The second-order valence-corrected chi connectivity index (χ2v) is 6.02. The number of carbonyl (C=O) groups excluding carboxylic acids is 3. The van der Waals surface area contributed by atoms with Crippen molar-refractivity contribution in [1.29, 1.82) is 0 Å². The first-order valence-corrected chi connectivity index (χ1v) is 8.52. The third-order valence-corrected chi connectivity index (χ3v) is 4.19. The standard InChI is InChI=1S/C17H22F2N4O5/c1-3-22(2)14(15(20)25)16(26)21-11-5-4-10(8-12(11)28-17(18)19)23-6-7-27-9-13(23)24/h4-5,8,14,17H,3,6-7,9H2,1-2H3,(H2,20,25)(H,21,26)/t14-/m1/s1. The summed E-state index contributed by atoms with van der Waals surface area (Å²) >= 11 is 0. The number of primary amides is 1. The van der Waals surface area contributed by atoms with E-state index in [1.165, 1.54) is 35.0 Å². The number of amides is 3. The van der Waals surface area contributed by atoms with Crippen molar-refractivity contribution in [2.75, 3.05) is 43.6 Å². The van der Waals surface area contributed by atoms with Gasteiger partial charge in [-0.15, -0.1) is 0 Å². The van der Waals surface area contributed by atoms with Crippen molar-refractivity contribution in [1.82, 2.24) is 4.90 Å². The molecular formula is C17H22F2N4O5. The first-order chi connectivity index (χ1) is 13.2. The fourth-order valence-electron chi connectivity index (χ4n) is 2.70. The van der Waals surface area contributed by atoms with E-state index < -0.39 is 24.5 Å². The SMILES string of the molecule is CCN(C)[C@H](C(N)=O)C(=O)Nc1ccc(N2CCOCC2=O)cc1OC(F)F. The molecule has 0 unspecified atom stereocenters. The molecule has 11 heteroatoms. The lowest BCUT2D eigenvalue weighted by atomic mass is 10.2. The summed E-state index contributed by atoms with van der Waals surface area (Å²) in [7, 11) is 1.53. The van der Waals surface area contributed by atoms with Crippen LogP contribution in [0.1, 0.15) is 6.92 Å². The Hall–Kier alpha value is -2.79. The first kappa shape index (κ1) is 21.5. The molecule has 1 aromatic rings. The van der Waals surface area contributed by atoms with Crippen LogP contribution in [0.4, 0.5) is 20.2 Å². The van der Waals surface area contributed by atoms with Crippen molar-refractivity contribution in [3.8, 4) is 5.75 Å². The van der Waals surface area contributed by atoms with E-state index in [4.69, 9.17) is 10.5 Å². The largest absolute Gasteiger partial charge is 0.433 e. The van der Waals surface area contributed by atoms with Crippen molar-refractivity contribution in [3.05, 3.63) is 18.2 Å². The molecule has 1 aliphatic rings. The highest BCUT2D eigenvalue weighted by atomic mass is 19.3. The number of hydrogen-bond donors (Lipinski definition) is 2. The Labute approximate surface area is 160 Å². The van der Waals surface area contributed by atoms with Crippen LogP contribution in [0.15, 0.2) is 18.2 Å². The predicted molar refractivity (Wildman–Crippen MR) is 96.2 cm³/mol. The van der Waals surface area contributed by atoms with Crippen molar-refractivity contribution in [3.63, 3.8) is 0 Å². The number of rotatable bonds is 8. The fraction of sp³-hybridized carbons (Fsp3) is 0.471. The lowest BCUT2D eigenvalue weighted by Crippen LogP contribution is -2.50. The quantitative estimate of drug-likeness (QED) is 0.611. The topological polar surface area (TPSA) is 114 Å². The van der Waals surface area contributed by atoms with E-state index in [9.17, 15) is 23.2 Å². The van der Waals surface area contributed by atoms with Crippen LogP contribution in [-0.4, -0.2) is 68.6 Å². The molecule has 1 heterocycles. The number of benzene rings is 1. The van der Waals surface area contributed by atoms with Crippen LogP contribution in [0.25, 0.3) is 0 Å². The molecule has 28 heavy (non-hydrogen) atoms. The fourth-order valence-corrected chi connectivity index (χ4v) is 2.70. The number of nitrogens with one attached hydrogen (secondary N) is 1. The van der Waals surface area contributed by atoms with Gasteiger partial charge in [-0.1, -0.05) is 6.92 Å². The second-order valence-electron chi connectivity index (χ2n) is 6.02. The molecule has 0 aliphatic carbocycles. The maximum absolute atomic E-state index is 12.8. The van der Waals surface area contributed by atoms with E-state index in [1.54, 1.807) is 6.92 Å². The Morgan fingerprint density at radius 3 is 2.71 bits per heavy atom. The third-order valence-electron chi connectivity index (χ3n) is 4.19. The Morgan fingerprint density at radius 1 is 1.43 bits per heavy atom. The molecular weight excluding hydrogens is 378 g/mol. The Balaban J connectivity index is 2.31. The van der Waals surface area contributed by atoms with Crippen LogP contribution < -0.4 is 20.7 Å². The minimum atomic E-state index is -3.16. The summed E-state index contributed by atoms with van der Waals surface area (Å²) in [5.74, 6) is -2.34. The zero-order chi connectivity index (χ0) is 20.8. The number of morpholine rings is 1. The number of likely N-dealkylation sites (N-methyl/N-ethyl adjacent to an activating group) is 1. The monoisotopic (exact) mass is 400 g/mol. The van der Waals surface area contributed by atoms with Gasteiger partial charge in [-0.05, 0) is 25.7 Å². The van der Waals surface area contributed by atoms with Gasteiger partial charge in [0.25, 0.3) is 11.8 Å². The van der Waals surface area contributed by atoms with Crippen molar-refractivity contribution >= 4 is 29.1 Å². The highest BCUT2D eigenvalue weighted by Crippen LogP contribution is 2.32. The molecule has 3 N–H and O–H groups in total. The molecule has 0 bridgehead atoms. The van der Waals surface area contributed by atoms with Gasteiger partial charge in [0.15, 0.2) is 11.8 Å². The Kier molecular flexibility index (Phi) is 7.24. The van der Waals surface area contributed by atoms with E-state index in [0.717, 1.165) is 0 Å². The summed E-state index contributed by atoms with van der Waals surface area (Å²) in [6, 6.07) is 2.72. The van der Waals surface area contributed by atoms with Gasteiger partial charge in [-0.2, -0.15) is 8.78 Å². The zero-order valence-electron chi connectivity index (χ0n) is 15.5. The van der Waals surface area contributed by atoms with Gasteiger partial charge in [0, 0.05) is 18.3 Å². The van der Waals surface area contributed by atoms with Gasteiger partial charge in [0.2, 0.25) is 5.91 Å². The summed E-state index contributed by atoms with van der Waals surface area (Å²) in [4.78, 5) is 38.8. The zero-order valence-corrected chi connectivity index (χ0v) is 15.5. The lowest BCUT2D eigenvalue weighted by molar-refractivity contribution is -0.131. The number of anilines is 2. The first-order valence-electron chi connectivity index (χ1n) is 8.52. The average Bonchev–Trinajstić information content (AvgIpc) is 2.62. The Bertz CT molecular complexity index is 746. The number of nitrogens with two attached hydrogens (primary N) is 1.